The standard InChI is InChI=1S/C13H18BrNO4S2/c1-7-3-4-9(5-8(7)2)15-21(18,19)11-6-10(13(16)17)20-12(11)14/h6-9,15H,3-5H2,1-2H3,(H,16,17). The fourth-order valence-electron chi connectivity index (χ4n) is 2.58. The third kappa shape index (κ3) is 3.85. The third-order valence-corrected chi connectivity index (χ3v) is 7.84. The fraction of sp³-hybridized carbons (Fsp3) is 0.615. The van der Waals surface area contributed by atoms with Gasteiger partial charge in [-0.05, 0) is 53.1 Å². The Labute approximate surface area is 136 Å². The number of aromatic carboxylic acids is 1. The number of carbonyl (C=O) groups is 1. The topological polar surface area (TPSA) is 83.5 Å². The van der Waals surface area contributed by atoms with Crippen LogP contribution in [0.15, 0.2) is 14.7 Å². The summed E-state index contributed by atoms with van der Waals surface area (Å²) in [5.74, 6) is -0.0357. The molecular weight excluding hydrogens is 378 g/mol. The summed E-state index contributed by atoms with van der Waals surface area (Å²) in [5.41, 5.74) is 0. The number of nitrogens with one attached hydrogen (secondary N) is 1. The van der Waals surface area contributed by atoms with Gasteiger partial charge in [0.2, 0.25) is 10.0 Å². The van der Waals surface area contributed by atoms with Crippen molar-refractivity contribution >= 4 is 43.3 Å². The molecule has 21 heavy (non-hydrogen) atoms. The van der Waals surface area contributed by atoms with Crippen molar-refractivity contribution < 1.29 is 18.3 Å². The second kappa shape index (κ2) is 6.36. The first kappa shape index (κ1) is 16.9. The molecule has 0 bridgehead atoms. The van der Waals surface area contributed by atoms with E-state index in [2.05, 4.69) is 34.5 Å². The largest absolute Gasteiger partial charge is 0.477 e. The van der Waals surface area contributed by atoms with Gasteiger partial charge in [-0.2, -0.15) is 0 Å². The second-order valence-corrected chi connectivity index (χ2v) is 9.69. The van der Waals surface area contributed by atoms with Crippen LogP contribution in [0.2, 0.25) is 0 Å². The van der Waals surface area contributed by atoms with Crippen LogP contribution >= 0.6 is 27.3 Å². The van der Waals surface area contributed by atoms with E-state index < -0.39 is 16.0 Å². The monoisotopic (exact) mass is 395 g/mol. The first-order chi connectivity index (χ1) is 9.70. The van der Waals surface area contributed by atoms with Crippen LogP contribution in [-0.2, 0) is 10.0 Å². The predicted molar refractivity (Wildman–Crippen MR) is 85.3 cm³/mol. The zero-order valence-electron chi connectivity index (χ0n) is 11.8. The number of thiophene rings is 1. The van der Waals surface area contributed by atoms with Crippen LogP contribution in [0.1, 0.15) is 42.8 Å². The predicted octanol–water partition coefficient (Wildman–Crippen LogP) is 3.31. The number of sulfonamides is 1. The number of hydrogen-bond donors (Lipinski definition) is 2. The molecule has 0 radical (unpaired) electrons. The number of carboxylic acids is 1. The normalized spacial score (nSPS) is 26.7. The molecule has 0 amide bonds. The molecule has 5 nitrogen and oxygen atoms in total. The number of halogens is 1. The molecule has 1 aliphatic rings. The van der Waals surface area contributed by atoms with Gasteiger partial charge in [-0.25, -0.2) is 17.9 Å². The van der Waals surface area contributed by atoms with E-state index >= 15 is 0 Å². The van der Waals surface area contributed by atoms with E-state index in [1.807, 2.05) is 0 Å². The van der Waals surface area contributed by atoms with Gasteiger partial charge >= 0.3 is 5.97 Å². The molecular formula is C13H18BrNO4S2. The van der Waals surface area contributed by atoms with Crippen LogP contribution in [0.5, 0.6) is 0 Å². The van der Waals surface area contributed by atoms with Crippen molar-refractivity contribution in [2.45, 2.75) is 44.0 Å². The Morgan fingerprint density at radius 1 is 1.38 bits per heavy atom. The minimum absolute atomic E-state index is 0.00730. The van der Waals surface area contributed by atoms with Gasteiger partial charge in [0.15, 0.2) is 0 Å². The molecule has 1 fully saturated rings. The lowest BCUT2D eigenvalue weighted by molar-refractivity contribution is 0.0702. The molecule has 2 N–H and O–H groups in total. The molecule has 0 aromatic carbocycles. The Bertz CT molecular complexity index is 641. The van der Waals surface area contributed by atoms with Gasteiger partial charge in [-0.3, -0.25) is 0 Å². The van der Waals surface area contributed by atoms with E-state index in [4.69, 9.17) is 5.11 Å². The highest BCUT2D eigenvalue weighted by Crippen LogP contribution is 2.34. The Morgan fingerprint density at radius 2 is 2.05 bits per heavy atom. The molecule has 1 saturated carbocycles. The van der Waals surface area contributed by atoms with Crippen molar-refractivity contribution in [1.29, 1.82) is 0 Å². The third-order valence-electron chi connectivity index (χ3n) is 4.08. The summed E-state index contributed by atoms with van der Waals surface area (Å²) in [6.07, 6.45) is 2.63. The second-order valence-electron chi connectivity index (χ2n) is 5.64. The van der Waals surface area contributed by atoms with E-state index in [9.17, 15) is 13.2 Å². The highest BCUT2D eigenvalue weighted by atomic mass is 79.9. The van der Waals surface area contributed by atoms with Gasteiger partial charge in [0, 0.05) is 6.04 Å². The summed E-state index contributed by atoms with van der Waals surface area (Å²) in [4.78, 5) is 11.0. The van der Waals surface area contributed by atoms with Crippen LogP contribution in [0.4, 0.5) is 0 Å². The molecule has 8 heteroatoms. The maximum Gasteiger partial charge on any atom is 0.345 e. The summed E-state index contributed by atoms with van der Waals surface area (Å²) < 4.78 is 27.9. The van der Waals surface area contributed by atoms with Crippen molar-refractivity contribution in [2.24, 2.45) is 11.8 Å². The van der Waals surface area contributed by atoms with Crippen molar-refractivity contribution in [1.82, 2.24) is 4.72 Å². The van der Waals surface area contributed by atoms with E-state index in [0.29, 0.717) is 15.6 Å². The molecule has 0 spiro atoms. The zero-order chi connectivity index (χ0) is 15.8. The first-order valence-electron chi connectivity index (χ1n) is 6.75. The Morgan fingerprint density at radius 3 is 2.57 bits per heavy atom. The molecule has 1 heterocycles. The fourth-order valence-corrected chi connectivity index (χ4v) is 6.26. The first-order valence-corrected chi connectivity index (χ1v) is 9.85. The Hall–Kier alpha value is -0.440. The average Bonchev–Trinajstić information content (AvgIpc) is 2.77. The van der Waals surface area contributed by atoms with Crippen molar-refractivity contribution in [3.63, 3.8) is 0 Å². The highest BCUT2D eigenvalue weighted by molar-refractivity contribution is 9.11. The summed E-state index contributed by atoms with van der Waals surface area (Å²) in [6.45, 7) is 4.32. The average molecular weight is 396 g/mol. The van der Waals surface area contributed by atoms with Gasteiger partial charge in [-0.15, -0.1) is 11.3 Å². The lowest BCUT2D eigenvalue weighted by Crippen LogP contribution is -2.39. The van der Waals surface area contributed by atoms with Crippen LogP contribution < -0.4 is 4.72 Å². The minimum Gasteiger partial charge on any atom is -0.477 e. The van der Waals surface area contributed by atoms with Crippen LogP contribution in [-0.4, -0.2) is 25.5 Å². The summed E-state index contributed by atoms with van der Waals surface area (Å²) in [7, 11) is -3.69. The Balaban J connectivity index is 2.17. The van der Waals surface area contributed by atoms with Gasteiger partial charge in [0.1, 0.15) is 9.77 Å². The summed E-state index contributed by atoms with van der Waals surface area (Å²) >= 11 is 4.05. The maximum absolute atomic E-state index is 12.4. The molecule has 2 rings (SSSR count). The SMILES string of the molecule is CC1CCC(NS(=O)(=O)c2cc(C(=O)O)sc2Br)CC1C. The molecule has 3 atom stereocenters. The quantitative estimate of drug-likeness (QED) is 0.818. The molecule has 0 aliphatic heterocycles. The molecule has 1 aromatic heterocycles. The number of carboxylic acid groups (broad SMARTS) is 1. The minimum atomic E-state index is -3.69. The summed E-state index contributed by atoms with van der Waals surface area (Å²) in [6, 6.07) is 1.12. The van der Waals surface area contributed by atoms with Crippen LogP contribution in [0.25, 0.3) is 0 Å². The van der Waals surface area contributed by atoms with Gasteiger partial charge in [0.05, 0.1) is 3.79 Å². The highest BCUT2D eigenvalue weighted by Gasteiger charge is 2.30. The van der Waals surface area contributed by atoms with Crippen molar-refractivity contribution in [3.8, 4) is 0 Å². The summed E-state index contributed by atoms with van der Waals surface area (Å²) in [5, 5.41) is 8.95. The molecule has 1 aromatic rings. The molecule has 1 aliphatic carbocycles. The van der Waals surface area contributed by atoms with E-state index in [1.54, 1.807) is 0 Å². The molecule has 118 valence electrons. The van der Waals surface area contributed by atoms with Gasteiger partial charge in [0.25, 0.3) is 0 Å². The van der Waals surface area contributed by atoms with Gasteiger partial charge in [-0.1, -0.05) is 13.8 Å². The van der Waals surface area contributed by atoms with Crippen LogP contribution in [0, 0.1) is 11.8 Å². The number of hydrogen-bond acceptors (Lipinski definition) is 4. The van der Waals surface area contributed by atoms with E-state index in [-0.39, 0.29) is 15.8 Å². The number of rotatable bonds is 4. The lowest BCUT2D eigenvalue weighted by Gasteiger charge is -2.32. The smallest absolute Gasteiger partial charge is 0.345 e. The zero-order valence-corrected chi connectivity index (χ0v) is 15.0. The molecule has 0 saturated heterocycles. The van der Waals surface area contributed by atoms with Crippen LogP contribution in [0.3, 0.4) is 0 Å². The lowest BCUT2D eigenvalue weighted by atomic mass is 9.79. The van der Waals surface area contributed by atoms with E-state index in [1.165, 1.54) is 6.07 Å². The maximum atomic E-state index is 12.4. The van der Waals surface area contributed by atoms with Crippen molar-refractivity contribution in [3.05, 3.63) is 14.7 Å². The van der Waals surface area contributed by atoms with Crippen molar-refractivity contribution in [2.75, 3.05) is 0 Å². The Kier molecular flexibility index (Phi) is 5.12. The van der Waals surface area contributed by atoms with E-state index in [0.717, 1.165) is 30.6 Å². The molecule has 3 unspecified atom stereocenters. The van der Waals surface area contributed by atoms with Gasteiger partial charge < -0.3 is 5.11 Å².